The highest BCUT2D eigenvalue weighted by Gasteiger charge is 2.10. The summed E-state index contributed by atoms with van der Waals surface area (Å²) in [6.45, 7) is 0. The lowest BCUT2D eigenvalue weighted by molar-refractivity contribution is 0.426. The molecule has 2 aromatic rings. The van der Waals surface area contributed by atoms with Crippen LogP contribution in [0.1, 0.15) is 0 Å². The summed E-state index contributed by atoms with van der Waals surface area (Å²) in [4.78, 5) is 0. The Morgan fingerprint density at radius 2 is 1.53 bits per heavy atom. The molecular formula is C12H9BClFO2. The number of halogens is 2. The van der Waals surface area contributed by atoms with Crippen molar-refractivity contribution in [2.45, 2.75) is 0 Å². The van der Waals surface area contributed by atoms with Crippen molar-refractivity contribution in [3.63, 3.8) is 0 Å². The highest BCUT2D eigenvalue weighted by atomic mass is 35.5. The van der Waals surface area contributed by atoms with Gasteiger partial charge in [0.15, 0.2) is 0 Å². The Labute approximate surface area is 103 Å². The second-order valence-corrected chi connectivity index (χ2v) is 4.03. The molecule has 0 aliphatic carbocycles. The van der Waals surface area contributed by atoms with Crippen molar-refractivity contribution >= 4 is 24.2 Å². The monoisotopic (exact) mass is 250 g/mol. The van der Waals surface area contributed by atoms with Crippen LogP contribution >= 0.6 is 11.6 Å². The van der Waals surface area contributed by atoms with Gasteiger partial charge in [0.2, 0.25) is 0 Å². The maximum Gasteiger partial charge on any atom is 0.488 e. The van der Waals surface area contributed by atoms with Gasteiger partial charge < -0.3 is 10.0 Å². The van der Waals surface area contributed by atoms with Crippen molar-refractivity contribution in [2.75, 3.05) is 0 Å². The predicted octanol–water partition coefficient (Wildman–Crippen LogP) is 1.83. The SMILES string of the molecule is OB(O)c1ccc(-c2ccc(Cl)c(F)c2)cc1. The Bertz CT molecular complexity index is 529. The van der Waals surface area contributed by atoms with Crippen molar-refractivity contribution < 1.29 is 14.4 Å². The molecule has 0 aliphatic rings. The summed E-state index contributed by atoms with van der Waals surface area (Å²) in [6.07, 6.45) is 0. The Morgan fingerprint density at radius 3 is 2.06 bits per heavy atom. The maximum absolute atomic E-state index is 13.3. The van der Waals surface area contributed by atoms with E-state index in [1.165, 1.54) is 12.1 Å². The molecule has 2 N–H and O–H groups in total. The second kappa shape index (κ2) is 4.88. The van der Waals surface area contributed by atoms with Gasteiger partial charge in [0.1, 0.15) is 5.82 Å². The zero-order chi connectivity index (χ0) is 12.4. The maximum atomic E-state index is 13.3. The number of hydrogen-bond acceptors (Lipinski definition) is 2. The molecule has 0 bridgehead atoms. The summed E-state index contributed by atoms with van der Waals surface area (Å²) >= 11 is 5.59. The van der Waals surface area contributed by atoms with Crippen molar-refractivity contribution in [3.05, 3.63) is 53.3 Å². The van der Waals surface area contributed by atoms with E-state index in [1.807, 2.05) is 0 Å². The molecule has 0 aliphatic heterocycles. The molecule has 0 saturated heterocycles. The Hall–Kier alpha value is -1.36. The molecule has 5 heteroatoms. The van der Waals surface area contributed by atoms with E-state index in [4.69, 9.17) is 21.6 Å². The lowest BCUT2D eigenvalue weighted by Crippen LogP contribution is -2.29. The van der Waals surface area contributed by atoms with Crippen LogP contribution in [0, 0.1) is 5.82 Å². The van der Waals surface area contributed by atoms with Gasteiger partial charge in [0.05, 0.1) is 5.02 Å². The molecule has 0 heterocycles. The first-order valence-electron chi connectivity index (χ1n) is 4.99. The second-order valence-electron chi connectivity index (χ2n) is 3.62. The Morgan fingerprint density at radius 1 is 0.941 bits per heavy atom. The average molecular weight is 250 g/mol. The van der Waals surface area contributed by atoms with Crippen LogP contribution in [-0.4, -0.2) is 17.2 Å². The van der Waals surface area contributed by atoms with Crippen molar-refractivity contribution in [1.29, 1.82) is 0 Å². The van der Waals surface area contributed by atoms with E-state index < -0.39 is 12.9 Å². The van der Waals surface area contributed by atoms with Crippen LogP contribution in [0.2, 0.25) is 5.02 Å². The lowest BCUT2D eigenvalue weighted by atomic mass is 9.80. The standard InChI is InChI=1S/C12H9BClFO2/c14-11-6-3-9(7-12(11)15)8-1-4-10(5-2-8)13(16)17/h1-7,16-17H. The Balaban J connectivity index is 2.36. The van der Waals surface area contributed by atoms with Gasteiger partial charge in [-0.05, 0) is 28.7 Å². The van der Waals surface area contributed by atoms with Crippen molar-refractivity contribution in [1.82, 2.24) is 0 Å². The van der Waals surface area contributed by atoms with Crippen molar-refractivity contribution in [3.8, 4) is 11.1 Å². The van der Waals surface area contributed by atoms with Gasteiger partial charge >= 0.3 is 7.12 Å². The molecule has 86 valence electrons. The van der Waals surface area contributed by atoms with E-state index in [0.29, 0.717) is 11.0 Å². The molecule has 0 amide bonds. The minimum absolute atomic E-state index is 0.0798. The Kier molecular flexibility index (Phi) is 3.47. The van der Waals surface area contributed by atoms with Gasteiger partial charge in [-0.3, -0.25) is 0 Å². The fourth-order valence-corrected chi connectivity index (χ4v) is 1.64. The molecule has 0 atom stereocenters. The fraction of sp³-hybridized carbons (Fsp3) is 0. The average Bonchev–Trinajstić information content (AvgIpc) is 2.33. The zero-order valence-corrected chi connectivity index (χ0v) is 9.53. The lowest BCUT2D eigenvalue weighted by Gasteiger charge is -2.04. The minimum Gasteiger partial charge on any atom is -0.423 e. The zero-order valence-electron chi connectivity index (χ0n) is 8.77. The van der Waals surface area contributed by atoms with Crippen LogP contribution < -0.4 is 5.46 Å². The normalized spacial score (nSPS) is 10.4. The summed E-state index contributed by atoms with van der Waals surface area (Å²) < 4.78 is 13.3. The van der Waals surface area contributed by atoms with E-state index in [2.05, 4.69) is 0 Å². The van der Waals surface area contributed by atoms with Gasteiger partial charge in [-0.2, -0.15) is 0 Å². The third-order valence-corrected chi connectivity index (χ3v) is 2.77. The number of rotatable bonds is 2. The minimum atomic E-state index is -1.49. The van der Waals surface area contributed by atoms with Crippen LogP contribution in [-0.2, 0) is 0 Å². The van der Waals surface area contributed by atoms with E-state index >= 15 is 0 Å². The van der Waals surface area contributed by atoms with Crippen LogP contribution in [0.15, 0.2) is 42.5 Å². The summed E-state index contributed by atoms with van der Waals surface area (Å²) in [7, 11) is -1.49. The molecule has 2 rings (SSSR count). The summed E-state index contributed by atoms with van der Waals surface area (Å²) in [6, 6.07) is 11.1. The van der Waals surface area contributed by atoms with Gasteiger partial charge in [0.25, 0.3) is 0 Å². The molecule has 0 saturated carbocycles. The van der Waals surface area contributed by atoms with Gasteiger partial charge in [0, 0.05) is 0 Å². The molecule has 0 unspecified atom stereocenters. The molecular weight excluding hydrogens is 241 g/mol. The third-order valence-electron chi connectivity index (χ3n) is 2.46. The molecule has 0 fully saturated rings. The first-order valence-corrected chi connectivity index (χ1v) is 5.37. The molecule has 0 spiro atoms. The van der Waals surface area contributed by atoms with E-state index in [0.717, 1.165) is 5.56 Å². The summed E-state index contributed by atoms with van der Waals surface area (Å²) in [5.74, 6) is -0.476. The highest BCUT2D eigenvalue weighted by Crippen LogP contribution is 2.23. The van der Waals surface area contributed by atoms with Crippen LogP contribution in [0.3, 0.4) is 0 Å². The molecule has 0 aromatic heterocycles. The number of benzene rings is 2. The first-order chi connectivity index (χ1) is 8.08. The first kappa shape index (κ1) is 12.1. The fourth-order valence-electron chi connectivity index (χ4n) is 1.52. The van der Waals surface area contributed by atoms with E-state index in [-0.39, 0.29) is 5.02 Å². The van der Waals surface area contributed by atoms with Crippen LogP contribution in [0.4, 0.5) is 4.39 Å². The molecule has 0 radical (unpaired) electrons. The van der Waals surface area contributed by atoms with Crippen molar-refractivity contribution in [2.24, 2.45) is 0 Å². The van der Waals surface area contributed by atoms with Gasteiger partial charge in [-0.25, -0.2) is 4.39 Å². The molecule has 17 heavy (non-hydrogen) atoms. The number of hydrogen-bond donors (Lipinski definition) is 2. The van der Waals surface area contributed by atoms with Gasteiger partial charge in [-0.15, -0.1) is 0 Å². The quantitative estimate of drug-likeness (QED) is 0.798. The van der Waals surface area contributed by atoms with Crippen LogP contribution in [0.5, 0.6) is 0 Å². The summed E-state index contributed by atoms with van der Waals surface area (Å²) in [5, 5.41) is 18.0. The van der Waals surface area contributed by atoms with E-state index in [9.17, 15) is 4.39 Å². The summed E-state index contributed by atoms with van der Waals surface area (Å²) in [5.41, 5.74) is 1.86. The van der Waals surface area contributed by atoms with Crippen LogP contribution in [0.25, 0.3) is 11.1 Å². The third kappa shape index (κ3) is 2.66. The topological polar surface area (TPSA) is 40.5 Å². The molecule has 2 nitrogen and oxygen atoms in total. The van der Waals surface area contributed by atoms with E-state index in [1.54, 1.807) is 30.3 Å². The predicted molar refractivity (Wildman–Crippen MR) is 66.7 cm³/mol. The smallest absolute Gasteiger partial charge is 0.423 e. The van der Waals surface area contributed by atoms with Gasteiger partial charge in [-0.1, -0.05) is 41.9 Å². The largest absolute Gasteiger partial charge is 0.488 e. The highest BCUT2D eigenvalue weighted by molar-refractivity contribution is 6.58. The molecule has 2 aromatic carbocycles.